The largest absolute Gasteiger partial charge is 0.443 e. The number of benzene rings is 1. The molecule has 0 saturated carbocycles. The van der Waals surface area contributed by atoms with Crippen LogP contribution in [0.4, 0.5) is 4.79 Å². The Morgan fingerprint density at radius 3 is 2.30 bits per heavy atom. The van der Waals surface area contributed by atoms with Crippen molar-refractivity contribution in [3.8, 4) is 0 Å². The Balaban J connectivity index is 3.04. The molecule has 0 fully saturated rings. The van der Waals surface area contributed by atoms with Crippen molar-refractivity contribution in [1.82, 2.24) is 4.31 Å². The summed E-state index contributed by atoms with van der Waals surface area (Å²) in [5.41, 5.74) is -0.244. The molecule has 0 bridgehead atoms. The van der Waals surface area contributed by atoms with Crippen LogP contribution >= 0.6 is 11.6 Å². The van der Waals surface area contributed by atoms with Gasteiger partial charge in [-0.05, 0) is 32.4 Å². The lowest BCUT2D eigenvalue weighted by molar-refractivity contribution is 0.0383. The van der Waals surface area contributed by atoms with Gasteiger partial charge >= 0.3 is 6.09 Å². The van der Waals surface area contributed by atoms with Crippen molar-refractivity contribution in [1.29, 1.82) is 0 Å². The standard InChI is InChI=1S/C13H18ClNO4S/c1-13(2,3)19-12(16)15(20(4,17)18)9-10-7-5-6-8-11(10)14/h5-8H,9H2,1-4H3. The summed E-state index contributed by atoms with van der Waals surface area (Å²) in [5.74, 6) is 0. The number of carbonyl (C=O) groups excluding carboxylic acids is 1. The van der Waals surface area contributed by atoms with Gasteiger partial charge in [0.1, 0.15) is 5.60 Å². The fraction of sp³-hybridized carbons (Fsp3) is 0.462. The first-order valence-electron chi connectivity index (χ1n) is 5.95. The molecule has 0 heterocycles. The fourth-order valence-electron chi connectivity index (χ4n) is 1.41. The van der Waals surface area contributed by atoms with Gasteiger partial charge in [-0.25, -0.2) is 17.5 Å². The Hall–Kier alpha value is -1.27. The minimum Gasteiger partial charge on any atom is -0.443 e. The van der Waals surface area contributed by atoms with Gasteiger partial charge in [-0.15, -0.1) is 0 Å². The lowest BCUT2D eigenvalue weighted by Crippen LogP contribution is -2.39. The first-order chi connectivity index (χ1) is 9.00. The van der Waals surface area contributed by atoms with Crippen LogP contribution in [0.1, 0.15) is 26.3 Å². The van der Waals surface area contributed by atoms with Crippen LogP contribution in [0.2, 0.25) is 5.02 Å². The third-order valence-electron chi connectivity index (χ3n) is 2.27. The topological polar surface area (TPSA) is 63.7 Å². The van der Waals surface area contributed by atoms with E-state index in [2.05, 4.69) is 0 Å². The molecule has 1 aromatic rings. The average molecular weight is 320 g/mol. The molecular weight excluding hydrogens is 302 g/mol. The number of rotatable bonds is 3. The van der Waals surface area contributed by atoms with Crippen molar-refractivity contribution in [2.75, 3.05) is 6.26 Å². The van der Waals surface area contributed by atoms with E-state index in [1.54, 1.807) is 45.0 Å². The van der Waals surface area contributed by atoms with Crippen LogP contribution in [0.3, 0.4) is 0 Å². The third-order valence-corrected chi connectivity index (χ3v) is 3.72. The lowest BCUT2D eigenvalue weighted by atomic mass is 10.2. The van der Waals surface area contributed by atoms with Crippen molar-refractivity contribution >= 4 is 27.7 Å². The number of ether oxygens (including phenoxy) is 1. The summed E-state index contributed by atoms with van der Waals surface area (Å²) in [6.45, 7) is 4.84. The molecule has 5 nitrogen and oxygen atoms in total. The quantitative estimate of drug-likeness (QED) is 0.859. The summed E-state index contributed by atoms with van der Waals surface area (Å²) in [5, 5.41) is 0.393. The Morgan fingerprint density at radius 2 is 1.85 bits per heavy atom. The van der Waals surface area contributed by atoms with Gasteiger partial charge < -0.3 is 4.74 Å². The van der Waals surface area contributed by atoms with Gasteiger partial charge in [0.2, 0.25) is 10.0 Å². The molecule has 0 atom stereocenters. The van der Waals surface area contributed by atoms with E-state index in [0.717, 1.165) is 6.26 Å². The molecule has 0 spiro atoms. The zero-order valence-corrected chi connectivity index (χ0v) is 13.5. The Morgan fingerprint density at radius 1 is 1.30 bits per heavy atom. The molecule has 0 N–H and O–H groups in total. The second kappa shape index (κ2) is 6.01. The fourth-order valence-corrected chi connectivity index (χ4v) is 2.29. The van der Waals surface area contributed by atoms with E-state index in [1.165, 1.54) is 0 Å². The molecule has 112 valence electrons. The molecule has 0 aliphatic heterocycles. The predicted molar refractivity (Wildman–Crippen MR) is 78.1 cm³/mol. The van der Waals surface area contributed by atoms with Crippen LogP contribution in [-0.4, -0.2) is 30.7 Å². The maximum atomic E-state index is 12.0. The number of hydrogen-bond acceptors (Lipinski definition) is 4. The number of halogens is 1. The van der Waals surface area contributed by atoms with Crippen LogP contribution < -0.4 is 0 Å². The average Bonchev–Trinajstić information content (AvgIpc) is 2.23. The van der Waals surface area contributed by atoms with E-state index in [1.807, 2.05) is 0 Å². The second-order valence-corrected chi connectivity index (χ2v) is 7.66. The van der Waals surface area contributed by atoms with E-state index in [9.17, 15) is 13.2 Å². The molecule has 0 radical (unpaired) electrons. The summed E-state index contributed by atoms with van der Waals surface area (Å²) >= 11 is 5.98. The predicted octanol–water partition coefficient (Wildman–Crippen LogP) is 3.04. The molecular formula is C13H18ClNO4S. The van der Waals surface area contributed by atoms with Crippen LogP contribution in [0.5, 0.6) is 0 Å². The van der Waals surface area contributed by atoms with Crippen LogP contribution in [0, 0.1) is 0 Å². The minimum absolute atomic E-state index is 0.159. The molecule has 0 saturated heterocycles. The number of sulfonamides is 1. The Bertz CT molecular complexity index is 593. The van der Waals surface area contributed by atoms with Gasteiger partial charge in [0.25, 0.3) is 0 Å². The third kappa shape index (κ3) is 5.02. The Kier molecular flexibility index (Phi) is 5.05. The number of amides is 1. The Labute approximate surface area is 124 Å². The molecule has 7 heteroatoms. The second-order valence-electron chi connectivity index (χ2n) is 5.34. The highest BCUT2D eigenvalue weighted by molar-refractivity contribution is 7.88. The zero-order valence-electron chi connectivity index (χ0n) is 11.9. The molecule has 0 unspecified atom stereocenters. The summed E-state index contributed by atoms with van der Waals surface area (Å²) in [6.07, 6.45) is 0.0354. The molecule has 0 aliphatic carbocycles. The monoisotopic (exact) mass is 319 g/mol. The lowest BCUT2D eigenvalue weighted by Gasteiger charge is -2.26. The highest BCUT2D eigenvalue weighted by Gasteiger charge is 2.29. The SMILES string of the molecule is CC(C)(C)OC(=O)N(Cc1ccccc1Cl)S(C)(=O)=O. The number of carbonyl (C=O) groups is 1. The van der Waals surface area contributed by atoms with E-state index in [-0.39, 0.29) is 6.54 Å². The van der Waals surface area contributed by atoms with E-state index in [0.29, 0.717) is 14.9 Å². The van der Waals surface area contributed by atoms with E-state index in [4.69, 9.17) is 16.3 Å². The highest BCUT2D eigenvalue weighted by Crippen LogP contribution is 2.20. The first-order valence-corrected chi connectivity index (χ1v) is 8.17. The van der Waals surface area contributed by atoms with E-state index < -0.39 is 21.7 Å². The van der Waals surface area contributed by atoms with Crippen LogP contribution in [0.15, 0.2) is 24.3 Å². The maximum absolute atomic E-state index is 12.0. The summed E-state index contributed by atoms with van der Waals surface area (Å²) in [7, 11) is -3.75. The molecule has 0 aromatic heterocycles. The molecule has 1 rings (SSSR count). The minimum atomic E-state index is -3.75. The number of hydrogen-bond donors (Lipinski definition) is 0. The summed E-state index contributed by atoms with van der Waals surface area (Å²) in [6, 6.07) is 6.73. The van der Waals surface area contributed by atoms with Gasteiger partial charge in [-0.1, -0.05) is 29.8 Å². The van der Waals surface area contributed by atoms with Gasteiger partial charge in [0.05, 0.1) is 12.8 Å². The normalized spacial score (nSPS) is 12.1. The van der Waals surface area contributed by atoms with Gasteiger partial charge in [0.15, 0.2) is 0 Å². The van der Waals surface area contributed by atoms with Crippen LogP contribution in [-0.2, 0) is 21.3 Å². The molecule has 0 aliphatic rings. The zero-order chi connectivity index (χ0) is 15.6. The number of nitrogens with zero attached hydrogens (tertiary/aromatic N) is 1. The smallest absolute Gasteiger partial charge is 0.424 e. The van der Waals surface area contributed by atoms with Gasteiger partial charge in [-0.2, -0.15) is 0 Å². The summed E-state index contributed by atoms with van der Waals surface area (Å²) < 4.78 is 29.3. The van der Waals surface area contributed by atoms with Crippen LogP contribution in [0.25, 0.3) is 0 Å². The highest BCUT2D eigenvalue weighted by atomic mass is 35.5. The van der Waals surface area contributed by atoms with Crippen molar-refractivity contribution in [2.24, 2.45) is 0 Å². The van der Waals surface area contributed by atoms with Crippen molar-refractivity contribution in [3.05, 3.63) is 34.9 Å². The molecule has 1 amide bonds. The maximum Gasteiger partial charge on any atom is 0.424 e. The first kappa shape index (κ1) is 16.8. The summed E-state index contributed by atoms with van der Waals surface area (Å²) in [4.78, 5) is 12.0. The van der Waals surface area contributed by atoms with Gasteiger partial charge in [-0.3, -0.25) is 0 Å². The van der Waals surface area contributed by atoms with Gasteiger partial charge in [0, 0.05) is 5.02 Å². The van der Waals surface area contributed by atoms with Crippen molar-refractivity contribution in [3.63, 3.8) is 0 Å². The molecule has 1 aromatic carbocycles. The van der Waals surface area contributed by atoms with E-state index >= 15 is 0 Å². The van der Waals surface area contributed by atoms with Crippen molar-refractivity contribution < 1.29 is 17.9 Å². The molecule has 20 heavy (non-hydrogen) atoms. The van der Waals surface area contributed by atoms with Crippen molar-refractivity contribution in [2.45, 2.75) is 32.9 Å².